The second kappa shape index (κ2) is 5.82. The van der Waals surface area contributed by atoms with E-state index in [2.05, 4.69) is 0 Å². The molecular formula is C13H18ClN3O3S. The van der Waals surface area contributed by atoms with Crippen molar-refractivity contribution in [3.8, 4) is 0 Å². The van der Waals surface area contributed by atoms with Crippen molar-refractivity contribution in [3.05, 3.63) is 22.7 Å². The molecule has 6 nitrogen and oxygen atoms in total. The van der Waals surface area contributed by atoms with E-state index in [9.17, 15) is 13.2 Å². The first-order valence-electron chi connectivity index (χ1n) is 6.62. The molecule has 1 amide bonds. The van der Waals surface area contributed by atoms with Crippen LogP contribution < -0.4 is 11.5 Å². The van der Waals surface area contributed by atoms with Crippen molar-refractivity contribution in [1.82, 2.24) is 4.31 Å². The van der Waals surface area contributed by atoms with Gasteiger partial charge in [-0.2, -0.15) is 4.31 Å². The molecule has 0 bridgehead atoms. The molecule has 0 radical (unpaired) electrons. The van der Waals surface area contributed by atoms with Crippen molar-refractivity contribution in [2.75, 3.05) is 12.3 Å². The zero-order chi connectivity index (χ0) is 15.8. The molecule has 1 saturated heterocycles. The lowest BCUT2D eigenvalue weighted by atomic mass is 10.0. The first kappa shape index (κ1) is 16.1. The topological polar surface area (TPSA) is 106 Å². The third-order valence-electron chi connectivity index (χ3n) is 3.64. The Morgan fingerprint density at radius 3 is 2.62 bits per heavy atom. The molecule has 1 atom stereocenters. The fraction of sp³-hybridized carbons (Fsp3) is 0.462. The van der Waals surface area contributed by atoms with Gasteiger partial charge in [-0.05, 0) is 37.5 Å². The van der Waals surface area contributed by atoms with Crippen LogP contribution in [-0.4, -0.2) is 31.2 Å². The lowest BCUT2D eigenvalue weighted by Crippen LogP contribution is -2.50. The molecule has 1 aromatic rings. The van der Waals surface area contributed by atoms with Crippen LogP contribution in [0.15, 0.2) is 17.0 Å². The van der Waals surface area contributed by atoms with Crippen LogP contribution >= 0.6 is 11.6 Å². The Morgan fingerprint density at radius 1 is 1.38 bits per heavy atom. The quantitative estimate of drug-likeness (QED) is 0.813. The van der Waals surface area contributed by atoms with Gasteiger partial charge in [0.2, 0.25) is 15.9 Å². The van der Waals surface area contributed by atoms with Crippen LogP contribution in [0.5, 0.6) is 0 Å². The number of nitrogen functional groups attached to an aromatic ring is 1. The number of anilines is 1. The van der Waals surface area contributed by atoms with Crippen LogP contribution in [0.2, 0.25) is 5.02 Å². The van der Waals surface area contributed by atoms with E-state index < -0.39 is 22.0 Å². The van der Waals surface area contributed by atoms with Gasteiger partial charge in [0.25, 0.3) is 0 Å². The summed E-state index contributed by atoms with van der Waals surface area (Å²) < 4.78 is 26.6. The van der Waals surface area contributed by atoms with Gasteiger partial charge in [-0.15, -0.1) is 0 Å². The predicted octanol–water partition coefficient (Wildman–Crippen LogP) is 1.26. The largest absolute Gasteiger partial charge is 0.397 e. The monoisotopic (exact) mass is 331 g/mol. The number of nitrogens with two attached hydrogens (primary N) is 2. The second-order valence-electron chi connectivity index (χ2n) is 5.17. The minimum absolute atomic E-state index is 0.0371. The Balaban J connectivity index is 2.48. The van der Waals surface area contributed by atoms with Crippen molar-refractivity contribution in [1.29, 1.82) is 0 Å². The Labute approximate surface area is 129 Å². The van der Waals surface area contributed by atoms with Crippen LogP contribution in [-0.2, 0) is 14.8 Å². The number of piperidine rings is 1. The molecule has 1 aliphatic heterocycles. The number of aryl methyl sites for hydroxylation is 1. The zero-order valence-corrected chi connectivity index (χ0v) is 13.2. The van der Waals surface area contributed by atoms with Gasteiger partial charge in [-0.1, -0.05) is 18.0 Å². The molecule has 0 aromatic heterocycles. The molecule has 0 saturated carbocycles. The van der Waals surface area contributed by atoms with Crippen LogP contribution in [0.25, 0.3) is 0 Å². The molecule has 2 rings (SSSR count). The van der Waals surface area contributed by atoms with Crippen molar-refractivity contribution in [2.45, 2.75) is 37.1 Å². The first-order chi connectivity index (χ1) is 9.75. The smallest absolute Gasteiger partial charge is 0.243 e. The Hall–Kier alpha value is -1.31. The van der Waals surface area contributed by atoms with E-state index in [0.717, 1.165) is 6.42 Å². The van der Waals surface area contributed by atoms with E-state index in [1.165, 1.54) is 16.4 Å². The third-order valence-corrected chi connectivity index (χ3v) is 6.05. The van der Waals surface area contributed by atoms with Crippen LogP contribution in [0.1, 0.15) is 24.8 Å². The van der Waals surface area contributed by atoms with Gasteiger partial charge in [0.1, 0.15) is 6.04 Å². The summed E-state index contributed by atoms with van der Waals surface area (Å²) >= 11 is 5.96. The number of halogens is 1. The highest BCUT2D eigenvalue weighted by molar-refractivity contribution is 7.89. The summed E-state index contributed by atoms with van der Waals surface area (Å²) in [6, 6.07) is 1.97. The highest BCUT2D eigenvalue weighted by Gasteiger charge is 2.36. The number of hydrogen-bond acceptors (Lipinski definition) is 4. The highest BCUT2D eigenvalue weighted by Crippen LogP contribution is 2.31. The maximum absolute atomic E-state index is 12.7. The number of carbonyl (C=O) groups excluding carboxylic acids is 1. The number of sulfonamides is 1. The van der Waals surface area contributed by atoms with Gasteiger partial charge in [0.05, 0.1) is 15.6 Å². The summed E-state index contributed by atoms with van der Waals surface area (Å²) in [7, 11) is -3.82. The molecule has 0 spiro atoms. The maximum Gasteiger partial charge on any atom is 0.243 e. The Bertz CT molecular complexity index is 652. The number of carbonyl (C=O) groups is 1. The highest BCUT2D eigenvalue weighted by atomic mass is 35.5. The number of amides is 1. The van der Waals surface area contributed by atoms with E-state index in [-0.39, 0.29) is 17.1 Å². The lowest BCUT2D eigenvalue weighted by molar-refractivity contribution is -0.122. The molecular weight excluding hydrogens is 314 g/mol. The molecule has 1 fully saturated rings. The van der Waals surface area contributed by atoms with Crippen molar-refractivity contribution in [2.24, 2.45) is 5.73 Å². The Kier molecular flexibility index (Phi) is 4.46. The van der Waals surface area contributed by atoms with E-state index in [0.29, 0.717) is 23.4 Å². The summed E-state index contributed by atoms with van der Waals surface area (Å²) in [5.74, 6) is -0.628. The second-order valence-corrected chi connectivity index (χ2v) is 7.44. The number of nitrogens with zero attached hydrogens (tertiary/aromatic N) is 1. The summed E-state index contributed by atoms with van der Waals surface area (Å²) in [5, 5.41) is 0.332. The molecule has 0 aliphatic carbocycles. The number of benzene rings is 1. The zero-order valence-electron chi connectivity index (χ0n) is 11.7. The first-order valence-corrected chi connectivity index (χ1v) is 8.43. The lowest BCUT2D eigenvalue weighted by Gasteiger charge is -2.32. The SMILES string of the molecule is Cc1cc(S(=O)(=O)N2CCCCC2C(N)=O)cc(N)c1Cl. The molecule has 116 valence electrons. The van der Waals surface area contributed by atoms with Crippen LogP contribution in [0, 0.1) is 6.92 Å². The summed E-state index contributed by atoms with van der Waals surface area (Å²) in [6.45, 7) is 1.96. The maximum atomic E-state index is 12.7. The minimum atomic E-state index is -3.82. The molecule has 1 heterocycles. The summed E-state index contributed by atoms with van der Waals surface area (Å²) in [5.41, 5.74) is 11.8. The fourth-order valence-electron chi connectivity index (χ4n) is 2.52. The number of primary amides is 1. The van der Waals surface area contributed by atoms with E-state index >= 15 is 0 Å². The van der Waals surface area contributed by atoms with Gasteiger partial charge < -0.3 is 11.5 Å². The van der Waals surface area contributed by atoms with E-state index in [4.69, 9.17) is 23.1 Å². The number of hydrogen-bond donors (Lipinski definition) is 2. The van der Waals surface area contributed by atoms with Crippen LogP contribution in [0.4, 0.5) is 5.69 Å². The molecule has 8 heteroatoms. The standard InChI is InChI=1S/C13H18ClN3O3S/c1-8-6-9(7-10(15)12(8)14)21(19,20)17-5-3-2-4-11(17)13(16)18/h6-7,11H,2-5,15H2,1H3,(H2,16,18). The molecule has 4 N–H and O–H groups in total. The van der Waals surface area contributed by atoms with E-state index in [1.54, 1.807) is 6.92 Å². The van der Waals surface area contributed by atoms with Gasteiger partial charge in [0, 0.05) is 6.54 Å². The van der Waals surface area contributed by atoms with Crippen molar-refractivity contribution in [3.63, 3.8) is 0 Å². The average Bonchev–Trinajstić information content (AvgIpc) is 2.44. The molecule has 1 aromatic carbocycles. The van der Waals surface area contributed by atoms with Gasteiger partial charge >= 0.3 is 0 Å². The predicted molar refractivity (Wildman–Crippen MR) is 81.3 cm³/mol. The normalized spacial score (nSPS) is 20.4. The van der Waals surface area contributed by atoms with Crippen LogP contribution in [0.3, 0.4) is 0 Å². The summed E-state index contributed by atoms with van der Waals surface area (Å²) in [4.78, 5) is 11.5. The van der Waals surface area contributed by atoms with Gasteiger partial charge in [-0.3, -0.25) is 4.79 Å². The Morgan fingerprint density at radius 2 is 2.05 bits per heavy atom. The number of rotatable bonds is 3. The molecule has 21 heavy (non-hydrogen) atoms. The van der Waals surface area contributed by atoms with Gasteiger partial charge in [-0.25, -0.2) is 8.42 Å². The summed E-state index contributed by atoms with van der Waals surface area (Å²) in [6.07, 6.45) is 1.92. The molecule has 1 unspecified atom stereocenters. The van der Waals surface area contributed by atoms with Crippen molar-refractivity contribution < 1.29 is 13.2 Å². The minimum Gasteiger partial charge on any atom is -0.397 e. The molecule has 1 aliphatic rings. The van der Waals surface area contributed by atoms with Crippen molar-refractivity contribution >= 4 is 33.2 Å². The average molecular weight is 332 g/mol. The fourth-order valence-corrected chi connectivity index (χ4v) is 4.42. The third kappa shape index (κ3) is 3.00. The van der Waals surface area contributed by atoms with Gasteiger partial charge in [0.15, 0.2) is 0 Å². The van der Waals surface area contributed by atoms with E-state index in [1.807, 2.05) is 0 Å².